The van der Waals surface area contributed by atoms with Crippen molar-refractivity contribution in [2.45, 2.75) is 26.7 Å². The molecule has 0 saturated heterocycles. The van der Waals surface area contributed by atoms with E-state index < -0.39 is 11.8 Å². The van der Waals surface area contributed by atoms with Gasteiger partial charge in [-0.3, -0.25) is 0 Å². The van der Waals surface area contributed by atoms with Crippen LogP contribution in [0.15, 0.2) is 42.5 Å². The molecule has 2 rings (SSSR count). The van der Waals surface area contributed by atoms with E-state index in [1.165, 1.54) is 23.1 Å². The first-order chi connectivity index (χ1) is 10.1. The molecular formula is C17H17FO2S. The van der Waals surface area contributed by atoms with E-state index in [4.69, 9.17) is 4.74 Å². The normalized spacial score (nSPS) is 11.0. The fourth-order valence-corrected chi connectivity index (χ4v) is 3.03. The van der Waals surface area contributed by atoms with Crippen LogP contribution in [0.1, 0.15) is 25.1 Å². The summed E-state index contributed by atoms with van der Waals surface area (Å²) < 4.78 is 18.9. The average molecular weight is 304 g/mol. The Morgan fingerprint density at radius 2 is 2.14 bits per heavy atom. The Labute approximate surface area is 127 Å². The maximum absolute atomic E-state index is 14.0. The third-order valence-electron chi connectivity index (χ3n) is 2.89. The fourth-order valence-electron chi connectivity index (χ4n) is 1.93. The Morgan fingerprint density at radius 1 is 1.33 bits per heavy atom. The van der Waals surface area contributed by atoms with Crippen LogP contribution in [0, 0.1) is 5.82 Å². The minimum absolute atomic E-state index is 0.0489. The molecule has 2 aromatic rings. The van der Waals surface area contributed by atoms with Crippen LogP contribution in [0.4, 0.5) is 4.39 Å². The molecule has 0 amide bonds. The summed E-state index contributed by atoms with van der Waals surface area (Å²) in [7, 11) is 0. The van der Waals surface area contributed by atoms with Crippen molar-refractivity contribution in [3.05, 3.63) is 53.2 Å². The molecule has 0 saturated carbocycles. The lowest BCUT2D eigenvalue weighted by Crippen LogP contribution is -2.05. The number of rotatable bonds is 5. The number of ether oxygens (including phenoxy) is 1. The van der Waals surface area contributed by atoms with E-state index in [9.17, 15) is 9.18 Å². The van der Waals surface area contributed by atoms with Crippen LogP contribution in [-0.4, -0.2) is 5.97 Å². The molecule has 21 heavy (non-hydrogen) atoms. The molecule has 1 heterocycles. The maximum Gasteiger partial charge on any atom is 0.335 e. The van der Waals surface area contributed by atoms with Gasteiger partial charge < -0.3 is 4.74 Å². The second-order valence-corrected chi connectivity index (χ2v) is 5.75. The molecule has 0 N–H and O–H groups in total. The summed E-state index contributed by atoms with van der Waals surface area (Å²) in [5.41, 5.74) is 0.797. The second kappa shape index (κ2) is 7.18. The van der Waals surface area contributed by atoms with Crippen molar-refractivity contribution in [2.75, 3.05) is 0 Å². The van der Waals surface area contributed by atoms with E-state index in [2.05, 4.69) is 13.0 Å². The Hall–Kier alpha value is -1.94. The van der Waals surface area contributed by atoms with Crippen LogP contribution >= 0.6 is 11.3 Å². The predicted molar refractivity (Wildman–Crippen MR) is 84.2 cm³/mol. The topological polar surface area (TPSA) is 26.3 Å². The molecule has 0 radical (unpaired) electrons. The average Bonchev–Trinajstić information content (AvgIpc) is 2.90. The lowest BCUT2D eigenvalue weighted by molar-refractivity contribution is -0.129. The smallest absolute Gasteiger partial charge is 0.335 e. The minimum atomic E-state index is -0.578. The van der Waals surface area contributed by atoms with E-state index in [0.29, 0.717) is 0 Å². The summed E-state index contributed by atoms with van der Waals surface area (Å²) in [5.74, 6) is -1.16. The number of halogens is 1. The van der Waals surface area contributed by atoms with Gasteiger partial charge in [0.1, 0.15) is 0 Å². The van der Waals surface area contributed by atoms with Crippen molar-refractivity contribution in [3.8, 4) is 16.2 Å². The van der Waals surface area contributed by atoms with Crippen LogP contribution in [0.3, 0.4) is 0 Å². The van der Waals surface area contributed by atoms with Gasteiger partial charge in [0, 0.05) is 15.8 Å². The number of benzene rings is 1. The van der Waals surface area contributed by atoms with Crippen LogP contribution in [0.25, 0.3) is 10.4 Å². The van der Waals surface area contributed by atoms with E-state index in [1.54, 1.807) is 30.4 Å². The standard InChI is InChI=1S/C17H17FO2S/c1-3-5-13-8-10-16(21-13)12-7-9-15(14(18)11-12)20-17(19)6-4-2/h4,6-11H,3,5H2,1-2H3. The molecular weight excluding hydrogens is 287 g/mol. The number of aryl methyl sites for hydroxylation is 1. The summed E-state index contributed by atoms with van der Waals surface area (Å²) in [6.07, 6.45) is 4.93. The van der Waals surface area contributed by atoms with Crippen molar-refractivity contribution in [2.24, 2.45) is 0 Å². The van der Waals surface area contributed by atoms with Gasteiger partial charge in [0.15, 0.2) is 11.6 Å². The van der Waals surface area contributed by atoms with Gasteiger partial charge in [-0.25, -0.2) is 9.18 Å². The zero-order valence-corrected chi connectivity index (χ0v) is 12.9. The van der Waals surface area contributed by atoms with E-state index in [-0.39, 0.29) is 5.75 Å². The highest BCUT2D eigenvalue weighted by atomic mass is 32.1. The molecule has 0 unspecified atom stereocenters. The first-order valence-electron chi connectivity index (χ1n) is 6.87. The summed E-state index contributed by atoms with van der Waals surface area (Å²) >= 11 is 1.66. The Kier molecular flexibility index (Phi) is 5.28. The quantitative estimate of drug-likeness (QED) is 0.442. The predicted octanol–water partition coefficient (Wildman–Crippen LogP) is 4.99. The van der Waals surface area contributed by atoms with Gasteiger partial charge in [-0.15, -0.1) is 11.3 Å². The monoisotopic (exact) mass is 304 g/mol. The summed E-state index contributed by atoms with van der Waals surface area (Å²) in [6.45, 7) is 3.83. The lowest BCUT2D eigenvalue weighted by Gasteiger charge is -2.04. The number of carbonyl (C=O) groups excluding carboxylic acids is 1. The Morgan fingerprint density at radius 3 is 2.81 bits per heavy atom. The number of carbonyl (C=O) groups is 1. The first kappa shape index (κ1) is 15.4. The molecule has 0 aliphatic carbocycles. The summed E-state index contributed by atoms with van der Waals surface area (Å²) in [6, 6.07) is 8.73. The van der Waals surface area contributed by atoms with Crippen molar-refractivity contribution in [1.82, 2.24) is 0 Å². The summed E-state index contributed by atoms with van der Waals surface area (Å²) in [4.78, 5) is 13.6. The second-order valence-electron chi connectivity index (χ2n) is 4.58. The number of allylic oxidation sites excluding steroid dienone is 1. The molecule has 0 spiro atoms. The van der Waals surface area contributed by atoms with Gasteiger partial charge in [0.25, 0.3) is 0 Å². The van der Waals surface area contributed by atoms with Crippen molar-refractivity contribution < 1.29 is 13.9 Å². The van der Waals surface area contributed by atoms with Crippen molar-refractivity contribution in [3.63, 3.8) is 0 Å². The van der Waals surface area contributed by atoms with Crippen molar-refractivity contribution in [1.29, 1.82) is 0 Å². The molecule has 0 aliphatic heterocycles. The Bertz CT molecular complexity index is 659. The van der Waals surface area contributed by atoms with E-state index >= 15 is 0 Å². The van der Waals surface area contributed by atoms with E-state index in [0.717, 1.165) is 23.3 Å². The third-order valence-corrected chi connectivity index (χ3v) is 4.08. The Balaban J connectivity index is 2.19. The van der Waals surface area contributed by atoms with Crippen LogP contribution in [0.5, 0.6) is 5.75 Å². The van der Waals surface area contributed by atoms with Gasteiger partial charge in [0.2, 0.25) is 0 Å². The molecule has 110 valence electrons. The molecule has 1 aromatic heterocycles. The lowest BCUT2D eigenvalue weighted by atomic mass is 10.1. The van der Waals surface area contributed by atoms with Crippen LogP contribution < -0.4 is 4.74 Å². The van der Waals surface area contributed by atoms with Gasteiger partial charge >= 0.3 is 5.97 Å². The van der Waals surface area contributed by atoms with Gasteiger partial charge in [-0.05, 0) is 49.2 Å². The van der Waals surface area contributed by atoms with Crippen LogP contribution in [-0.2, 0) is 11.2 Å². The molecule has 2 nitrogen and oxygen atoms in total. The first-order valence-corrected chi connectivity index (χ1v) is 7.68. The summed E-state index contributed by atoms with van der Waals surface area (Å²) in [5, 5.41) is 0. The third kappa shape index (κ3) is 4.02. The van der Waals surface area contributed by atoms with Gasteiger partial charge in [-0.1, -0.05) is 19.4 Å². The fraction of sp³-hybridized carbons (Fsp3) is 0.235. The molecule has 0 aliphatic rings. The van der Waals surface area contributed by atoms with E-state index in [1.807, 2.05) is 6.07 Å². The van der Waals surface area contributed by atoms with Crippen LogP contribution in [0.2, 0.25) is 0 Å². The minimum Gasteiger partial charge on any atom is -0.420 e. The largest absolute Gasteiger partial charge is 0.420 e. The van der Waals surface area contributed by atoms with Gasteiger partial charge in [0.05, 0.1) is 0 Å². The zero-order chi connectivity index (χ0) is 15.2. The highest BCUT2D eigenvalue weighted by molar-refractivity contribution is 7.15. The molecule has 4 heteroatoms. The SMILES string of the molecule is CC=CC(=O)Oc1ccc(-c2ccc(CCC)s2)cc1F. The highest BCUT2D eigenvalue weighted by Crippen LogP contribution is 2.31. The molecule has 0 fully saturated rings. The highest BCUT2D eigenvalue weighted by Gasteiger charge is 2.10. The van der Waals surface area contributed by atoms with Crippen molar-refractivity contribution >= 4 is 17.3 Å². The number of hydrogen-bond acceptors (Lipinski definition) is 3. The number of thiophene rings is 1. The number of hydrogen-bond donors (Lipinski definition) is 0. The zero-order valence-electron chi connectivity index (χ0n) is 12.1. The molecule has 1 aromatic carbocycles. The number of esters is 1. The molecule has 0 bridgehead atoms. The van der Waals surface area contributed by atoms with Gasteiger partial charge in [-0.2, -0.15) is 0 Å². The molecule has 0 atom stereocenters. The maximum atomic E-state index is 14.0.